The van der Waals surface area contributed by atoms with E-state index >= 15 is 0 Å². The second kappa shape index (κ2) is 6.62. The Balaban J connectivity index is 2.23. The molecule has 1 aliphatic rings. The fourth-order valence-electron chi connectivity index (χ4n) is 2.38. The first-order valence-corrected chi connectivity index (χ1v) is 8.26. The zero-order valence-electron chi connectivity index (χ0n) is 12.4. The van der Waals surface area contributed by atoms with Crippen LogP contribution in [0.25, 0.3) is 0 Å². The van der Waals surface area contributed by atoms with Gasteiger partial charge >= 0.3 is 0 Å². The highest BCUT2D eigenvalue weighted by Crippen LogP contribution is 2.27. The minimum atomic E-state index is 0.503. The molecule has 2 rings (SSSR count). The molecule has 4 heteroatoms. The van der Waals surface area contributed by atoms with Crippen LogP contribution in [-0.4, -0.2) is 35.1 Å². The minimum absolute atomic E-state index is 0.503. The first kappa shape index (κ1) is 14.7. The average Bonchev–Trinajstić information content (AvgIpc) is 2.37. The van der Waals surface area contributed by atoms with E-state index in [0.29, 0.717) is 12.1 Å². The highest BCUT2D eigenvalue weighted by Gasteiger charge is 2.21. The van der Waals surface area contributed by atoms with E-state index in [0.717, 1.165) is 18.8 Å². The van der Waals surface area contributed by atoms with Crippen molar-refractivity contribution < 1.29 is 0 Å². The molecule has 106 valence electrons. The first-order chi connectivity index (χ1) is 9.08. The van der Waals surface area contributed by atoms with Crippen LogP contribution in [0.1, 0.15) is 32.0 Å². The van der Waals surface area contributed by atoms with Gasteiger partial charge < -0.3 is 10.2 Å². The van der Waals surface area contributed by atoms with Gasteiger partial charge in [0.05, 0.1) is 0 Å². The van der Waals surface area contributed by atoms with Crippen LogP contribution in [0.5, 0.6) is 0 Å². The van der Waals surface area contributed by atoms with Gasteiger partial charge in [0.25, 0.3) is 0 Å². The summed E-state index contributed by atoms with van der Waals surface area (Å²) < 4.78 is 0. The molecule has 19 heavy (non-hydrogen) atoms. The number of nitrogens with one attached hydrogen (secondary N) is 1. The number of hydrogen-bond donors (Lipinski definition) is 1. The summed E-state index contributed by atoms with van der Waals surface area (Å²) in [5, 5.41) is 3.50. The molecule has 1 N–H and O–H groups in total. The molecular formula is C15H25N3S. The smallest absolute Gasteiger partial charge is 0.0448 e. The summed E-state index contributed by atoms with van der Waals surface area (Å²) in [6.45, 7) is 10.8. The lowest BCUT2D eigenvalue weighted by Gasteiger charge is -2.36. The SMILES string of the molecule is Cc1cc(N2CCSCC2C)c(CNC(C)C)cn1. The molecule has 2 heterocycles. The summed E-state index contributed by atoms with van der Waals surface area (Å²) in [4.78, 5) is 7.01. The second-order valence-electron chi connectivity index (χ2n) is 5.61. The Hall–Kier alpha value is -0.740. The van der Waals surface area contributed by atoms with E-state index in [1.807, 2.05) is 6.20 Å². The van der Waals surface area contributed by atoms with Gasteiger partial charge in [-0.05, 0) is 19.9 Å². The van der Waals surface area contributed by atoms with Gasteiger partial charge in [0, 0.05) is 59.8 Å². The van der Waals surface area contributed by atoms with Crippen molar-refractivity contribution in [2.45, 2.75) is 46.3 Å². The molecule has 1 unspecified atom stereocenters. The normalized spacial score (nSPS) is 20.1. The molecule has 0 aromatic carbocycles. The van der Waals surface area contributed by atoms with Gasteiger partial charge in [-0.2, -0.15) is 11.8 Å². The lowest BCUT2D eigenvalue weighted by Crippen LogP contribution is -2.41. The number of hydrogen-bond acceptors (Lipinski definition) is 4. The van der Waals surface area contributed by atoms with Crippen LogP contribution in [-0.2, 0) is 6.54 Å². The molecule has 1 fully saturated rings. The minimum Gasteiger partial charge on any atom is -0.367 e. The molecule has 0 bridgehead atoms. The molecule has 1 aliphatic heterocycles. The number of aryl methyl sites for hydroxylation is 1. The Bertz CT molecular complexity index is 420. The van der Waals surface area contributed by atoms with Crippen LogP contribution in [0.4, 0.5) is 5.69 Å². The standard InChI is InChI=1S/C15H25N3S/c1-11(2)16-8-14-9-17-12(3)7-15(14)18-5-6-19-10-13(18)4/h7,9,11,13,16H,5-6,8,10H2,1-4H3. The Labute approximate surface area is 121 Å². The summed E-state index contributed by atoms with van der Waals surface area (Å²) in [6.07, 6.45) is 2.04. The number of rotatable bonds is 4. The Morgan fingerprint density at radius 2 is 2.32 bits per heavy atom. The van der Waals surface area contributed by atoms with Crippen LogP contribution in [0.2, 0.25) is 0 Å². The van der Waals surface area contributed by atoms with Gasteiger partial charge in [0.1, 0.15) is 0 Å². The van der Waals surface area contributed by atoms with Gasteiger partial charge in [-0.3, -0.25) is 4.98 Å². The summed E-state index contributed by atoms with van der Waals surface area (Å²) >= 11 is 2.06. The molecule has 0 saturated carbocycles. The third kappa shape index (κ3) is 3.86. The molecule has 0 amide bonds. The van der Waals surface area contributed by atoms with Gasteiger partial charge in [-0.25, -0.2) is 0 Å². The second-order valence-corrected chi connectivity index (χ2v) is 6.76. The topological polar surface area (TPSA) is 28.2 Å². The molecule has 1 aromatic rings. The van der Waals surface area contributed by atoms with Crippen molar-refractivity contribution in [1.29, 1.82) is 0 Å². The summed E-state index contributed by atoms with van der Waals surface area (Å²) in [5.74, 6) is 2.45. The fourth-order valence-corrected chi connectivity index (χ4v) is 3.39. The van der Waals surface area contributed by atoms with Crippen molar-refractivity contribution in [3.8, 4) is 0 Å². The zero-order chi connectivity index (χ0) is 13.8. The van der Waals surface area contributed by atoms with E-state index in [9.17, 15) is 0 Å². The van der Waals surface area contributed by atoms with Gasteiger partial charge in [0.2, 0.25) is 0 Å². The lowest BCUT2D eigenvalue weighted by molar-refractivity contribution is 0.584. The van der Waals surface area contributed by atoms with Gasteiger partial charge in [0.15, 0.2) is 0 Å². The molecule has 1 atom stereocenters. The van der Waals surface area contributed by atoms with Crippen LogP contribution in [0.3, 0.4) is 0 Å². The first-order valence-electron chi connectivity index (χ1n) is 7.11. The maximum absolute atomic E-state index is 4.47. The van der Waals surface area contributed by atoms with E-state index in [1.54, 1.807) is 0 Å². The predicted octanol–water partition coefficient (Wildman–Crippen LogP) is 2.83. The number of anilines is 1. The highest BCUT2D eigenvalue weighted by atomic mass is 32.2. The van der Waals surface area contributed by atoms with Crippen molar-refractivity contribution >= 4 is 17.4 Å². The molecule has 0 radical (unpaired) electrons. The van der Waals surface area contributed by atoms with Gasteiger partial charge in [-0.15, -0.1) is 0 Å². The van der Waals surface area contributed by atoms with Crippen molar-refractivity contribution in [2.24, 2.45) is 0 Å². The maximum atomic E-state index is 4.47. The number of aromatic nitrogens is 1. The van der Waals surface area contributed by atoms with E-state index in [1.165, 1.54) is 22.8 Å². The Morgan fingerprint density at radius 3 is 3.00 bits per heavy atom. The maximum Gasteiger partial charge on any atom is 0.0448 e. The van der Waals surface area contributed by atoms with Crippen LogP contribution >= 0.6 is 11.8 Å². The molecule has 3 nitrogen and oxygen atoms in total. The quantitative estimate of drug-likeness (QED) is 0.917. The zero-order valence-corrected chi connectivity index (χ0v) is 13.3. The van der Waals surface area contributed by atoms with Crippen LogP contribution < -0.4 is 10.2 Å². The van der Waals surface area contributed by atoms with Gasteiger partial charge in [-0.1, -0.05) is 13.8 Å². The largest absolute Gasteiger partial charge is 0.367 e. The van der Waals surface area contributed by atoms with E-state index in [4.69, 9.17) is 0 Å². The third-order valence-corrected chi connectivity index (χ3v) is 4.67. The van der Waals surface area contributed by atoms with Crippen molar-refractivity contribution in [2.75, 3.05) is 23.0 Å². The Kier molecular flexibility index (Phi) is 5.11. The van der Waals surface area contributed by atoms with E-state index in [-0.39, 0.29) is 0 Å². The number of thioether (sulfide) groups is 1. The van der Waals surface area contributed by atoms with Crippen LogP contribution in [0, 0.1) is 6.92 Å². The molecule has 1 saturated heterocycles. The van der Waals surface area contributed by atoms with Crippen molar-refractivity contribution in [3.05, 3.63) is 23.5 Å². The monoisotopic (exact) mass is 279 g/mol. The summed E-state index contributed by atoms with van der Waals surface area (Å²) in [5.41, 5.74) is 3.79. The van der Waals surface area contributed by atoms with Crippen molar-refractivity contribution in [3.63, 3.8) is 0 Å². The lowest BCUT2D eigenvalue weighted by atomic mass is 10.1. The molecule has 0 spiro atoms. The fraction of sp³-hybridized carbons (Fsp3) is 0.667. The van der Waals surface area contributed by atoms with Crippen molar-refractivity contribution in [1.82, 2.24) is 10.3 Å². The number of pyridine rings is 1. The Morgan fingerprint density at radius 1 is 1.53 bits per heavy atom. The average molecular weight is 279 g/mol. The summed E-state index contributed by atoms with van der Waals surface area (Å²) in [6, 6.07) is 3.35. The van der Waals surface area contributed by atoms with Crippen LogP contribution in [0.15, 0.2) is 12.3 Å². The molecule has 1 aromatic heterocycles. The van der Waals surface area contributed by atoms with E-state index < -0.39 is 0 Å². The summed E-state index contributed by atoms with van der Waals surface area (Å²) in [7, 11) is 0. The number of nitrogens with zero attached hydrogens (tertiary/aromatic N) is 2. The van der Waals surface area contributed by atoms with E-state index in [2.05, 4.69) is 60.7 Å². The molecular weight excluding hydrogens is 254 g/mol. The third-order valence-electron chi connectivity index (χ3n) is 3.48. The molecule has 0 aliphatic carbocycles. The predicted molar refractivity (Wildman–Crippen MR) is 85.1 cm³/mol. The highest BCUT2D eigenvalue weighted by molar-refractivity contribution is 7.99.